The predicted molar refractivity (Wildman–Crippen MR) is 291 cm³/mol. The zero-order chi connectivity index (χ0) is 63.3. The first kappa shape index (κ1) is 67.9. The molecule has 4 aliphatic carbocycles. The van der Waals surface area contributed by atoms with Crippen molar-refractivity contribution in [3.63, 3.8) is 0 Å². The Morgan fingerprint density at radius 1 is 0.721 bits per heavy atom. The van der Waals surface area contributed by atoms with Crippen LogP contribution in [0.2, 0.25) is 0 Å². The van der Waals surface area contributed by atoms with E-state index in [2.05, 4.69) is 44.5 Å². The second-order valence-corrected chi connectivity index (χ2v) is 28.7. The molecule has 0 radical (unpaired) electrons. The number of methoxy groups -OCH3 is 1. The fraction of sp³-hybridized carbons (Fsp3) is 0.893. The van der Waals surface area contributed by atoms with Crippen LogP contribution in [0, 0.1) is 39.4 Å². The highest BCUT2D eigenvalue weighted by atomic mass is 32.3. The summed E-state index contributed by atoms with van der Waals surface area (Å²) in [6.45, 7) is 18.9. The molecule has 5 aliphatic heterocycles. The Morgan fingerprint density at radius 3 is 1.99 bits per heavy atom. The maximum absolute atomic E-state index is 14.7. The second kappa shape index (κ2) is 24.9. The lowest BCUT2D eigenvalue weighted by Gasteiger charge is -2.64. The number of carbonyl (C=O) groups excluding carboxylic acids is 2. The maximum atomic E-state index is 14.7. The van der Waals surface area contributed by atoms with Crippen molar-refractivity contribution in [2.45, 2.75) is 255 Å². The van der Waals surface area contributed by atoms with Crippen molar-refractivity contribution in [3.05, 3.63) is 23.8 Å². The molecule has 5 saturated heterocycles. The Balaban J connectivity index is 0.927. The standard InChI is InChI=1S/C56H88O28S2/c1-24(2)13-12-18-55(10)46-30(77-27(5)57)21-54(9)29-14-15-33-52(6,7)34(17-19-53(33,8)28(29)16-20-56(46,54)51(65)83-55)79-50-45(37(60)32(22-73-50)84-86(69,70)71)82-47-39(62)38(61)42(26(4)76-47)80-49-41(64)44(36(59)31(78-49)23-74-85(66,67)68)81-48-40(63)43(72-11)35(58)25(3)75-48/h14,25-26,28,30-50,58-64H,1,12-13,15-23H2,2-11H3,(H,66,67,68)(H,69,70,71)/t25-,26-,28+,30+,31-,32-,33+,34+,35-,36-,37+,38+,39-,40-,41-,42-,43+,44+,45-,46-,47+,48+,49+,50+,53-,54+,55+,56-/m1/s1. The van der Waals surface area contributed by atoms with Gasteiger partial charge in [0.1, 0.15) is 91.1 Å². The van der Waals surface area contributed by atoms with Crippen LogP contribution in [-0.2, 0) is 90.9 Å². The number of carbonyl (C=O) groups is 2. The lowest BCUT2D eigenvalue weighted by atomic mass is 9.41. The van der Waals surface area contributed by atoms with Crippen LogP contribution in [0.1, 0.15) is 120 Å². The number of hydrogen-bond donors (Lipinski definition) is 9. The van der Waals surface area contributed by atoms with Crippen LogP contribution in [0.3, 0.4) is 0 Å². The lowest BCUT2D eigenvalue weighted by Crippen LogP contribution is -2.67. The van der Waals surface area contributed by atoms with E-state index in [1.807, 2.05) is 13.8 Å². The molecule has 28 nitrogen and oxygen atoms in total. The van der Waals surface area contributed by atoms with E-state index >= 15 is 0 Å². The minimum atomic E-state index is -5.21. The van der Waals surface area contributed by atoms with Gasteiger partial charge in [-0.2, -0.15) is 16.8 Å². The van der Waals surface area contributed by atoms with Crippen LogP contribution in [0.25, 0.3) is 0 Å². The minimum Gasteiger partial charge on any atom is -0.462 e. The maximum Gasteiger partial charge on any atom is 0.397 e. The molecule has 9 aliphatic rings. The van der Waals surface area contributed by atoms with Crippen LogP contribution in [0.5, 0.6) is 0 Å². The summed E-state index contributed by atoms with van der Waals surface area (Å²) in [7, 11) is -9.17. The molecule has 0 aromatic heterocycles. The summed E-state index contributed by atoms with van der Waals surface area (Å²) in [5, 5.41) is 79.8. The molecule has 9 N–H and O–H groups in total. The average Bonchev–Trinajstić information content (AvgIpc) is 1.46. The predicted octanol–water partition coefficient (Wildman–Crippen LogP) is 0.836. The highest BCUT2D eigenvalue weighted by Crippen LogP contribution is 2.77. The largest absolute Gasteiger partial charge is 0.462 e. The van der Waals surface area contributed by atoms with Crippen molar-refractivity contribution in [2.75, 3.05) is 20.3 Å². The van der Waals surface area contributed by atoms with Gasteiger partial charge in [-0.15, -0.1) is 6.58 Å². The number of ether oxygens (including phenoxy) is 11. The molecule has 0 aromatic rings. The first-order valence-corrected chi connectivity index (χ1v) is 32.2. The zero-order valence-corrected chi connectivity index (χ0v) is 51.7. The van der Waals surface area contributed by atoms with Crippen LogP contribution in [0.4, 0.5) is 0 Å². The lowest BCUT2D eigenvalue weighted by molar-refractivity contribution is -0.388. The topological polar surface area (TPSA) is 404 Å². The highest BCUT2D eigenvalue weighted by Gasteiger charge is 2.79. The molecule has 0 bridgehead atoms. The van der Waals surface area contributed by atoms with Gasteiger partial charge in [-0.25, -0.2) is 8.37 Å². The average molecular weight is 1270 g/mol. The van der Waals surface area contributed by atoms with Crippen molar-refractivity contribution in [3.8, 4) is 0 Å². The molecule has 0 unspecified atom stereocenters. The first-order chi connectivity index (χ1) is 39.9. The molecule has 86 heavy (non-hydrogen) atoms. The molecule has 28 atom stereocenters. The Morgan fingerprint density at radius 2 is 1.35 bits per heavy atom. The molecule has 3 saturated carbocycles. The number of esters is 2. The molecule has 9 rings (SSSR count). The van der Waals surface area contributed by atoms with Gasteiger partial charge in [0, 0.05) is 19.4 Å². The molecule has 1 spiro atoms. The molecule has 30 heteroatoms. The van der Waals surface area contributed by atoms with Gasteiger partial charge in [0.25, 0.3) is 0 Å². The second-order valence-electron chi connectivity index (χ2n) is 26.6. The van der Waals surface area contributed by atoms with E-state index in [0.29, 0.717) is 44.9 Å². The van der Waals surface area contributed by atoms with E-state index in [4.69, 9.17) is 56.3 Å². The quantitative estimate of drug-likeness (QED) is 0.0491. The summed E-state index contributed by atoms with van der Waals surface area (Å²) in [6.07, 6.45) is -26.6. The molecule has 5 heterocycles. The molecular formula is C56H88O28S2. The number of aliphatic hydroxyl groups excluding tert-OH is 7. The molecule has 8 fully saturated rings. The number of allylic oxidation sites excluding steroid dienone is 3. The third-order valence-corrected chi connectivity index (χ3v) is 21.7. The summed E-state index contributed by atoms with van der Waals surface area (Å²) in [5.74, 6) is -1.11. The number of fused-ring (bicyclic) bond motifs is 4. The Kier molecular flexibility index (Phi) is 19.6. The fourth-order valence-electron chi connectivity index (χ4n) is 16.7. The monoisotopic (exact) mass is 1270 g/mol. The molecular weight excluding hydrogens is 1180 g/mol. The van der Waals surface area contributed by atoms with Gasteiger partial charge in [0.2, 0.25) is 0 Å². The number of rotatable bonds is 19. The summed E-state index contributed by atoms with van der Waals surface area (Å²) in [6, 6.07) is 0. The smallest absolute Gasteiger partial charge is 0.397 e. The van der Waals surface area contributed by atoms with E-state index in [1.54, 1.807) is 0 Å². The summed E-state index contributed by atoms with van der Waals surface area (Å²) < 4.78 is 142. The van der Waals surface area contributed by atoms with Gasteiger partial charge in [-0.05, 0) is 108 Å². The van der Waals surface area contributed by atoms with E-state index in [0.717, 1.165) is 24.0 Å². The van der Waals surface area contributed by atoms with Gasteiger partial charge in [0.05, 0.1) is 42.9 Å². The fourth-order valence-corrected chi connectivity index (χ4v) is 17.5. The minimum absolute atomic E-state index is 0.00852. The van der Waals surface area contributed by atoms with E-state index in [1.165, 1.54) is 27.9 Å². The van der Waals surface area contributed by atoms with E-state index in [9.17, 15) is 71.3 Å². The van der Waals surface area contributed by atoms with Crippen molar-refractivity contribution in [2.24, 2.45) is 39.4 Å². The highest BCUT2D eigenvalue weighted by molar-refractivity contribution is 7.81. The van der Waals surface area contributed by atoms with E-state index < -0.39 is 191 Å². The number of cyclic esters (lactones) is 1. The molecule has 0 aromatic carbocycles. The van der Waals surface area contributed by atoms with Crippen molar-refractivity contribution in [1.82, 2.24) is 0 Å². The van der Waals surface area contributed by atoms with Gasteiger partial charge in [0.15, 0.2) is 25.2 Å². The van der Waals surface area contributed by atoms with Crippen LogP contribution >= 0.6 is 0 Å². The van der Waals surface area contributed by atoms with E-state index in [-0.39, 0.29) is 29.1 Å². The van der Waals surface area contributed by atoms with Gasteiger partial charge >= 0.3 is 32.7 Å². The Labute approximate surface area is 500 Å². The molecule has 492 valence electrons. The van der Waals surface area contributed by atoms with Crippen LogP contribution in [-0.4, -0.2) is 228 Å². The van der Waals surface area contributed by atoms with Gasteiger partial charge < -0.3 is 87.9 Å². The van der Waals surface area contributed by atoms with Crippen molar-refractivity contribution < 1.29 is 132 Å². The van der Waals surface area contributed by atoms with Crippen LogP contribution < -0.4 is 0 Å². The normalized spacial score (nSPS) is 48.5. The first-order valence-electron chi connectivity index (χ1n) is 29.4. The van der Waals surface area contributed by atoms with Crippen molar-refractivity contribution >= 4 is 32.7 Å². The number of aliphatic hydroxyl groups is 7. The van der Waals surface area contributed by atoms with Crippen molar-refractivity contribution in [1.29, 1.82) is 0 Å². The zero-order valence-electron chi connectivity index (χ0n) is 50.0. The van der Waals surface area contributed by atoms with Gasteiger partial charge in [-0.3, -0.25) is 18.7 Å². The SMILES string of the molecule is C=C(C)CCC[C@]1(C)OC(=O)[C@]23CC[C@H]4C(=CC[C@H]5C(C)(C)[C@@H](O[C@@H]6OC[C@@H](OS(=O)(=O)O)[C@H](O)[C@H]6O[C@@H]6O[C@H](C)[C@@H](O[C@@H]7O[C@H](COS(=O)(=O)O)[C@@H](O)[C@H](O[C@@H]8O[C@H](C)[C@@H](O)[C@H](OC)[C@H]8O)[C@H]7O)[C@@H](O)[C@H]6O)CC[C@]45C)[C@]2(C)C[C@H](OC(C)=O)[C@@H]31. The van der Waals surface area contributed by atoms with Gasteiger partial charge in [-0.1, -0.05) is 44.9 Å². The molecule has 0 amide bonds. The third kappa shape index (κ3) is 12.4. The van der Waals surface area contributed by atoms with Crippen LogP contribution in [0.15, 0.2) is 23.8 Å². The summed E-state index contributed by atoms with van der Waals surface area (Å²) in [4.78, 5) is 27.5. The third-order valence-electron chi connectivity index (χ3n) is 20.8. The summed E-state index contributed by atoms with van der Waals surface area (Å²) in [5.41, 5.74) is -1.36. The Bertz CT molecular complexity index is 2750. The summed E-state index contributed by atoms with van der Waals surface area (Å²) >= 11 is 0. The number of hydrogen-bond acceptors (Lipinski definition) is 26. The Hall–Kier alpha value is -2.48.